The molecule has 0 aliphatic heterocycles. The third-order valence-electron chi connectivity index (χ3n) is 2.49. The van der Waals surface area contributed by atoms with Crippen molar-refractivity contribution in [3.8, 4) is 0 Å². The largest absolute Gasteiger partial charge is 0.409 e. The lowest BCUT2D eigenvalue weighted by atomic mass is 10.1. The summed E-state index contributed by atoms with van der Waals surface area (Å²) in [7, 11) is 0. The Morgan fingerprint density at radius 2 is 2.25 bits per heavy atom. The van der Waals surface area contributed by atoms with Crippen LogP contribution in [0.2, 0.25) is 0 Å². The van der Waals surface area contributed by atoms with Gasteiger partial charge < -0.3 is 10.9 Å². The van der Waals surface area contributed by atoms with Gasteiger partial charge in [0.2, 0.25) is 0 Å². The molecule has 1 rings (SSSR count). The van der Waals surface area contributed by atoms with Crippen LogP contribution in [0.5, 0.6) is 0 Å². The molecule has 0 aliphatic carbocycles. The molecule has 0 spiro atoms. The Balaban J connectivity index is 2.91. The van der Waals surface area contributed by atoms with Crippen LogP contribution in [0, 0.1) is 6.92 Å². The van der Waals surface area contributed by atoms with Gasteiger partial charge in [-0.15, -0.1) is 11.8 Å². The van der Waals surface area contributed by atoms with Crippen molar-refractivity contribution in [1.82, 2.24) is 0 Å². The summed E-state index contributed by atoms with van der Waals surface area (Å²) in [6.07, 6.45) is 1.14. The second-order valence-electron chi connectivity index (χ2n) is 3.80. The van der Waals surface area contributed by atoms with Gasteiger partial charge in [-0.1, -0.05) is 19.0 Å². The third-order valence-corrected chi connectivity index (χ3v) is 3.76. The molecule has 0 fully saturated rings. The Kier molecular flexibility index (Phi) is 4.68. The van der Waals surface area contributed by atoms with E-state index in [1.165, 1.54) is 4.90 Å². The first-order valence-corrected chi connectivity index (χ1v) is 6.21. The van der Waals surface area contributed by atoms with Gasteiger partial charge in [0.1, 0.15) is 0 Å². The van der Waals surface area contributed by atoms with Crippen LogP contribution in [-0.4, -0.2) is 16.3 Å². The molecule has 4 heteroatoms. The van der Waals surface area contributed by atoms with E-state index in [4.69, 9.17) is 10.9 Å². The monoisotopic (exact) mass is 238 g/mol. The summed E-state index contributed by atoms with van der Waals surface area (Å²) >= 11 is 1.84. The lowest BCUT2D eigenvalue weighted by Crippen LogP contribution is -2.14. The smallest absolute Gasteiger partial charge is 0.170 e. The van der Waals surface area contributed by atoms with Crippen molar-refractivity contribution < 1.29 is 5.21 Å². The molecule has 1 unspecified atom stereocenters. The highest BCUT2D eigenvalue weighted by molar-refractivity contribution is 7.99. The number of thioether (sulfide) groups is 1. The van der Waals surface area contributed by atoms with Crippen LogP contribution >= 0.6 is 11.8 Å². The molecule has 3 nitrogen and oxygen atoms in total. The molecule has 0 amide bonds. The Morgan fingerprint density at radius 1 is 1.56 bits per heavy atom. The van der Waals surface area contributed by atoms with Crippen molar-refractivity contribution >= 4 is 17.6 Å². The maximum atomic E-state index is 8.62. The van der Waals surface area contributed by atoms with Crippen molar-refractivity contribution in [2.75, 3.05) is 0 Å². The zero-order valence-corrected chi connectivity index (χ0v) is 10.7. The minimum Gasteiger partial charge on any atom is -0.409 e. The van der Waals surface area contributed by atoms with Gasteiger partial charge in [0, 0.05) is 15.7 Å². The van der Waals surface area contributed by atoms with Crippen LogP contribution in [0.15, 0.2) is 28.3 Å². The number of amidine groups is 1. The van der Waals surface area contributed by atoms with E-state index in [1.54, 1.807) is 0 Å². The Labute approximate surface area is 101 Å². The van der Waals surface area contributed by atoms with E-state index in [9.17, 15) is 0 Å². The standard InChI is InChI=1S/C12H18N2OS/c1-4-9(3)16-10-5-6-11(8(2)7-10)12(13)14-15/h5-7,9,15H,4H2,1-3H3,(H2,13,14). The normalized spacial score (nSPS) is 13.8. The average molecular weight is 238 g/mol. The summed E-state index contributed by atoms with van der Waals surface area (Å²) in [6.45, 7) is 6.35. The minimum atomic E-state index is 0.164. The molecule has 1 aromatic carbocycles. The van der Waals surface area contributed by atoms with Crippen molar-refractivity contribution in [2.24, 2.45) is 10.9 Å². The molecular weight excluding hydrogens is 220 g/mol. The van der Waals surface area contributed by atoms with Crippen LogP contribution in [0.25, 0.3) is 0 Å². The number of oxime groups is 1. The van der Waals surface area contributed by atoms with Gasteiger partial charge in [-0.05, 0) is 37.1 Å². The number of rotatable bonds is 4. The molecular formula is C12H18N2OS. The molecule has 3 N–H and O–H groups in total. The van der Waals surface area contributed by atoms with Crippen LogP contribution in [0.4, 0.5) is 0 Å². The van der Waals surface area contributed by atoms with E-state index in [2.05, 4.69) is 25.1 Å². The number of nitrogens with two attached hydrogens (primary N) is 1. The van der Waals surface area contributed by atoms with Crippen molar-refractivity contribution in [3.05, 3.63) is 29.3 Å². The molecule has 0 saturated heterocycles. The van der Waals surface area contributed by atoms with Gasteiger partial charge in [0.05, 0.1) is 0 Å². The fourth-order valence-corrected chi connectivity index (χ4v) is 2.39. The summed E-state index contributed by atoms with van der Waals surface area (Å²) in [5.74, 6) is 0.164. The van der Waals surface area contributed by atoms with Crippen LogP contribution in [0.3, 0.4) is 0 Å². The second kappa shape index (κ2) is 5.80. The van der Waals surface area contributed by atoms with E-state index >= 15 is 0 Å². The predicted octanol–water partition coefficient (Wildman–Crippen LogP) is 2.98. The van der Waals surface area contributed by atoms with E-state index in [0.717, 1.165) is 17.5 Å². The highest BCUT2D eigenvalue weighted by Crippen LogP contribution is 2.26. The molecule has 0 radical (unpaired) electrons. The Bertz CT molecular complexity index is 391. The molecule has 0 aliphatic rings. The molecule has 1 atom stereocenters. The average Bonchev–Trinajstić information content (AvgIpc) is 2.28. The first-order valence-electron chi connectivity index (χ1n) is 5.33. The molecule has 0 aromatic heterocycles. The topological polar surface area (TPSA) is 58.6 Å². The molecule has 0 saturated carbocycles. The summed E-state index contributed by atoms with van der Waals surface area (Å²) in [5, 5.41) is 12.2. The highest BCUT2D eigenvalue weighted by Gasteiger charge is 2.06. The van der Waals surface area contributed by atoms with Gasteiger partial charge >= 0.3 is 0 Å². The zero-order valence-electron chi connectivity index (χ0n) is 9.90. The fourth-order valence-electron chi connectivity index (χ4n) is 1.37. The van der Waals surface area contributed by atoms with E-state index in [-0.39, 0.29) is 5.84 Å². The summed E-state index contributed by atoms with van der Waals surface area (Å²) < 4.78 is 0. The van der Waals surface area contributed by atoms with Crippen LogP contribution in [-0.2, 0) is 0 Å². The number of hydrogen-bond donors (Lipinski definition) is 2. The second-order valence-corrected chi connectivity index (χ2v) is 5.31. The third kappa shape index (κ3) is 3.17. The van der Waals surface area contributed by atoms with Gasteiger partial charge in [-0.3, -0.25) is 0 Å². The van der Waals surface area contributed by atoms with Crippen molar-refractivity contribution in [1.29, 1.82) is 0 Å². The molecule has 16 heavy (non-hydrogen) atoms. The Morgan fingerprint density at radius 3 is 2.75 bits per heavy atom. The number of aryl methyl sites for hydroxylation is 1. The van der Waals surface area contributed by atoms with Crippen LogP contribution in [0.1, 0.15) is 31.4 Å². The number of hydrogen-bond acceptors (Lipinski definition) is 3. The summed E-state index contributed by atoms with van der Waals surface area (Å²) in [5.41, 5.74) is 7.38. The van der Waals surface area contributed by atoms with E-state index in [1.807, 2.05) is 30.8 Å². The zero-order chi connectivity index (χ0) is 12.1. The lowest BCUT2D eigenvalue weighted by molar-refractivity contribution is 0.318. The Hall–Kier alpha value is -1.16. The minimum absolute atomic E-state index is 0.164. The van der Waals surface area contributed by atoms with E-state index < -0.39 is 0 Å². The maximum Gasteiger partial charge on any atom is 0.170 e. The maximum absolute atomic E-state index is 8.62. The van der Waals surface area contributed by atoms with E-state index in [0.29, 0.717) is 5.25 Å². The summed E-state index contributed by atoms with van der Waals surface area (Å²) in [6, 6.07) is 5.98. The highest BCUT2D eigenvalue weighted by atomic mass is 32.2. The van der Waals surface area contributed by atoms with Gasteiger partial charge in [0.25, 0.3) is 0 Å². The first-order chi connectivity index (χ1) is 7.58. The lowest BCUT2D eigenvalue weighted by Gasteiger charge is -2.10. The van der Waals surface area contributed by atoms with Gasteiger partial charge in [-0.2, -0.15) is 0 Å². The predicted molar refractivity (Wildman–Crippen MR) is 69.3 cm³/mol. The first kappa shape index (κ1) is 12.9. The molecule has 0 heterocycles. The van der Waals surface area contributed by atoms with Crippen LogP contribution < -0.4 is 5.73 Å². The molecule has 88 valence electrons. The van der Waals surface area contributed by atoms with Gasteiger partial charge in [-0.25, -0.2) is 0 Å². The number of benzene rings is 1. The molecule has 0 bridgehead atoms. The number of nitrogens with zero attached hydrogens (tertiary/aromatic N) is 1. The SMILES string of the molecule is CCC(C)Sc1ccc(/C(N)=N/O)c(C)c1. The fraction of sp³-hybridized carbons (Fsp3) is 0.417. The molecule has 1 aromatic rings. The van der Waals surface area contributed by atoms with Crippen molar-refractivity contribution in [2.45, 2.75) is 37.3 Å². The quantitative estimate of drug-likeness (QED) is 0.279. The van der Waals surface area contributed by atoms with Crippen molar-refractivity contribution in [3.63, 3.8) is 0 Å². The van der Waals surface area contributed by atoms with Gasteiger partial charge in [0.15, 0.2) is 5.84 Å². The summed E-state index contributed by atoms with van der Waals surface area (Å²) in [4.78, 5) is 1.22.